The zero-order valence-corrected chi connectivity index (χ0v) is 17.4. The van der Waals surface area contributed by atoms with Crippen LogP contribution in [0.4, 0.5) is 5.82 Å². The van der Waals surface area contributed by atoms with Crippen molar-refractivity contribution in [3.8, 4) is 11.5 Å². The van der Waals surface area contributed by atoms with Gasteiger partial charge < -0.3 is 14.6 Å². The Morgan fingerprint density at radius 1 is 1.03 bits per heavy atom. The summed E-state index contributed by atoms with van der Waals surface area (Å²) in [7, 11) is 1.57. The van der Waals surface area contributed by atoms with E-state index in [2.05, 4.69) is 15.5 Å². The van der Waals surface area contributed by atoms with Crippen molar-refractivity contribution in [1.29, 1.82) is 0 Å². The number of hydrazone groups is 1. The average molecular weight is 427 g/mol. The third-order valence-corrected chi connectivity index (χ3v) is 4.79. The second kappa shape index (κ2) is 9.61. The minimum absolute atomic E-state index is 0.229. The summed E-state index contributed by atoms with van der Waals surface area (Å²) >= 11 is 0. The molecule has 7 nitrogen and oxygen atoms in total. The molecule has 0 amide bonds. The van der Waals surface area contributed by atoms with Gasteiger partial charge in [-0.2, -0.15) is 5.10 Å². The number of methoxy groups -OCH3 is 1. The molecule has 0 spiro atoms. The van der Waals surface area contributed by atoms with Gasteiger partial charge in [0.15, 0.2) is 11.5 Å². The van der Waals surface area contributed by atoms with Crippen molar-refractivity contribution in [2.75, 3.05) is 12.5 Å². The molecule has 0 unspecified atom stereocenters. The van der Waals surface area contributed by atoms with Gasteiger partial charge in [-0.1, -0.05) is 36.4 Å². The fourth-order valence-corrected chi connectivity index (χ4v) is 3.14. The predicted molar refractivity (Wildman–Crippen MR) is 124 cm³/mol. The molecular weight excluding hydrogens is 406 g/mol. The summed E-state index contributed by atoms with van der Waals surface area (Å²) in [5.74, 6) is 0.771. The fraction of sp³-hybridized carbons (Fsp3) is 0.0800. The van der Waals surface area contributed by atoms with E-state index in [1.807, 2.05) is 48.5 Å². The second-order valence-electron chi connectivity index (χ2n) is 6.93. The Morgan fingerprint density at radius 3 is 2.62 bits per heavy atom. The quantitative estimate of drug-likeness (QED) is 0.305. The van der Waals surface area contributed by atoms with Crippen molar-refractivity contribution in [3.05, 3.63) is 95.6 Å². The molecular formula is C25H21N3O4. The molecule has 4 rings (SSSR count). The zero-order chi connectivity index (χ0) is 22.3. The molecule has 7 heteroatoms. The summed E-state index contributed by atoms with van der Waals surface area (Å²) in [5, 5.41) is 14.4. The first-order chi connectivity index (χ1) is 15.6. The number of para-hydroxylation sites is 2. The van der Waals surface area contributed by atoms with Crippen LogP contribution in [0.15, 0.2) is 84.0 Å². The highest BCUT2D eigenvalue weighted by Gasteiger charge is 2.10. The Bertz CT molecular complexity index is 1270. The summed E-state index contributed by atoms with van der Waals surface area (Å²) < 4.78 is 11.4. The van der Waals surface area contributed by atoms with Crippen LogP contribution in [0.3, 0.4) is 0 Å². The van der Waals surface area contributed by atoms with Crippen LogP contribution in [-0.4, -0.2) is 29.4 Å². The lowest BCUT2D eigenvalue weighted by atomic mass is 10.1. The van der Waals surface area contributed by atoms with Gasteiger partial charge in [0.1, 0.15) is 12.4 Å². The Kier molecular flexibility index (Phi) is 6.27. The number of carboxylic acid groups (broad SMARTS) is 1. The summed E-state index contributed by atoms with van der Waals surface area (Å²) in [4.78, 5) is 15.5. The van der Waals surface area contributed by atoms with Crippen molar-refractivity contribution in [3.63, 3.8) is 0 Å². The van der Waals surface area contributed by atoms with Crippen molar-refractivity contribution in [1.82, 2.24) is 4.98 Å². The van der Waals surface area contributed by atoms with Gasteiger partial charge in [0.25, 0.3) is 0 Å². The van der Waals surface area contributed by atoms with Crippen molar-refractivity contribution in [2.45, 2.75) is 6.61 Å². The maximum Gasteiger partial charge on any atom is 0.335 e. The lowest BCUT2D eigenvalue weighted by Gasteiger charge is -2.13. The fourth-order valence-electron chi connectivity index (χ4n) is 3.14. The molecule has 0 aliphatic heterocycles. The van der Waals surface area contributed by atoms with E-state index in [4.69, 9.17) is 14.6 Å². The van der Waals surface area contributed by atoms with Gasteiger partial charge in [-0.05, 0) is 48.0 Å². The number of hydrogen-bond donors (Lipinski definition) is 2. The monoisotopic (exact) mass is 427 g/mol. The van der Waals surface area contributed by atoms with Crippen LogP contribution in [0.5, 0.6) is 11.5 Å². The molecule has 0 radical (unpaired) electrons. The van der Waals surface area contributed by atoms with Crippen LogP contribution in [0.2, 0.25) is 0 Å². The molecule has 1 aromatic heterocycles. The van der Waals surface area contributed by atoms with Gasteiger partial charge >= 0.3 is 5.97 Å². The molecule has 0 bridgehead atoms. The molecule has 0 aliphatic rings. The molecule has 0 saturated carbocycles. The number of benzene rings is 3. The van der Waals surface area contributed by atoms with Gasteiger partial charge in [-0.3, -0.25) is 5.43 Å². The summed E-state index contributed by atoms with van der Waals surface area (Å²) in [5.41, 5.74) is 5.61. The third-order valence-electron chi connectivity index (χ3n) is 4.79. The van der Waals surface area contributed by atoms with E-state index in [1.54, 1.807) is 43.7 Å². The van der Waals surface area contributed by atoms with Crippen LogP contribution >= 0.6 is 0 Å². The first kappa shape index (κ1) is 20.9. The molecule has 3 aromatic carbocycles. The van der Waals surface area contributed by atoms with E-state index in [9.17, 15) is 4.79 Å². The summed E-state index contributed by atoms with van der Waals surface area (Å²) in [6.07, 6.45) is 1.64. The van der Waals surface area contributed by atoms with Crippen molar-refractivity contribution >= 4 is 28.9 Å². The largest absolute Gasteiger partial charge is 0.493 e. The van der Waals surface area contributed by atoms with E-state index >= 15 is 0 Å². The van der Waals surface area contributed by atoms with Crippen molar-refractivity contribution in [2.24, 2.45) is 5.10 Å². The Labute approximate surface area is 185 Å². The van der Waals surface area contributed by atoms with E-state index in [0.29, 0.717) is 17.3 Å². The molecule has 0 saturated heterocycles. The Hall–Kier alpha value is -4.39. The molecule has 2 N–H and O–H groups in total. The number of carboxylic acids is 1. The number of rotatable bonds is 8. The first-order valence-electron chi connectivity index (χ1n) is 9.91. The second-order valence-corrected chi connectivity index (χ2v) is 6.93. The smallest absolute Gasteiger partial charge is 0.335 e. The summed E-state index contributed by atoms with van der Waals surface area (Å²) in [6.45, 7) is 0.251. The molecule has 4 aromatic rings. The Morgan fingerprint density at radius 2 is 1.84 bits per heavy atom. The average Bonchev–Trinajstić information content (AvgIpc) is 2.83. The third kappa shape index (κ3) is 4.84. The number of fused-ring (bicyclic) bond motifs is 1. The number of aromatic carboxylic acids is 1. The minimum atomic E-state index is -0.964. The molecule has 0 fully saturated rings. The Balaban J connectivity index is 1.50. The molecule has 160 valence electrons. The highest BCUT2D eigenvalue weighted by Crippen LogP contribution is 2.31. The van der Waals surface area contributed by atoms with E-state index in [1.165, 1.54) is 0 Å². The molecule has 0 atom stereocenters. The van der Waals surface area contributed by atoms with E-state index in [0.717, 1.165) is 22.0 Å². The van der Waals surface area contributed by atoms with E-state index < -0.39 is 5.97 Å². The number of ether oxygens (including phenoxy) is 2. The molecule has 1 heterocycles. The standard InChI is InChI=1S/C25H21N3O4/c1-31-22-8-4-6-20(24(22)32-16-17-9-11-19(12-10-17)25(29)30)15-26-28-23-14-13-18-5-2-3-7-21(18)27-23/h2-15H,16H2,1H3,(H,27,28)(H,29,30)/b26-15-. The zero-order valence-electron chi connectivity index (χ0n) is 17.4. The van der Waals surface area contributed by atoms with Crippen molar-refractivity contribution < 1.29 is 19.4 Å². The topological polar surface area (TPSA) is 93.0 Å². The highest BCUT2D eigenvalue weighted by molar-refractivity contribution is 5.87. The van der Waals surface area contributed by atoms with Gasteiger partial charge in [-0.15, -0.1) is 0 Å². The normalized spacial score (nSPS) is 10.9. The summed E-state index contributed by atoms with van der Waals surface area (Å²) in [6, 6.07) is 23.8. The molecule has 0 aliphatic carbocycles. The molecule has 32 heavy (non-hydrogen) atoms. The SMILES string of the molecule is COc1cccc(/C=N\Nc2ccc3ccccc3n2)c1OCc1ccc(C(=O)O)cc1. The number of hydrogen-bond acceptors (Lipinski definition) is 6. The number of anilines is 1. The van der Waals surface area contributed by atoms with Gasteiger partial charge in [0.2, 0.25) is 0 Å². The number of aromatic nitrogens is 1. The van der Waals surface area contributed by atoms with Gasteiger partial charge in [0, 0.05) is 10.9 Å². The van der Waals surface area contributed by atoms with Gasteiger partial charge in [0.05, 0.1) is 24.4 Å². The lowest BCUT2D eigenvalue weighted by molar-refractivity contribution is 0.0697. The number of carbonyl (C=O) groups is 1. The highest BCUT2D eigenvalue weighted by atomic mass is 16.5. The van der Waals surface area contributed by atoms with Crippen LogP contribution < -0.4 is 14.9 Å². The van der Waals surface area contributed by atoms with Crippen LogP contribution in [0.25, 0.3) is 10.9 Å². The lowest BCUT2D eigenvalue weighted by Crippen LogP contribution is -2.02. The predicted octanol–water partition coefficient (Wildman–Crippen LogP) is 4.97. The van der Waals surface area contributed by atoms with Crippen LogP contribution in [0, 0.1) is 0 Å². The minimum Gasteiger partial charge on any atom is -0.493 e. The van der Waals surface area contributed by atoms with Gasteiger partial charge in [-0.25, -0.2) is 9.78 Å². The number of pyridine rings is 1. The number of nitrogens with one attached hydrogen (secondary N) is 1. The maximum absolute atomic E-state index is 11.0. The number of nitrogens with zero attached hydrogens (tertiary/aromatic N) is 2. The first-order valence-corrected chi connectivity index (χ1v) is 9.91. The maximum atomic E-state index is 11.0. The van der Waals surface area contributed by atoms with E-state index in [-0.39, 0.29) is 12.2 Å². The van der Waals surface area contributed by atoms with Crippen LogP contribution in [-0.2, 0) is 6.61 Å². The van der Waals surface area contributed by atoms with Crippen LogP contribution in [0.1, 0.15) is 21.5 Å².